The van der Waals surface area contributed by atoms with Crippen molar-refractivity contribution in [1.82, 2.24) is 0 Å². The highest BCUT2D eigenvalue weighted by Gasteiger charge is 2.12. The van der Waals surface area contributed by atoms with Crippen molar-refractivity contribution in [3.8, 4) is 0 Å². The molecular weight excluding hydrogens is 284 g/mol. The van der Waals surface area contributed by atoms with Crippen LogP contribution in [0.25, 0.3) is 0 Å². The monoisotopic (exact) mass is 298 g/mol. The Balaban J connectivity index is 2.44. The van der Waals surface area contributed by atoms with Crippen molar-refractivity contribution in [1.29, 1.82) is 0 Å². The van der Waals surface area contributed by atoms with Crippen LogP contribution in [-0.4, -0.2) is 23.3 Å². The van der Waals surface area contributed by atoms with Gasteiger partial charge in [0, 0.05) is 23.3 Å². The zero-order valence-electron chi connectivity index (χ0n) is 11.9. The number of rotatable bonds is 4. The van der Waals surface area contributed by atoms with Crippen molar-refractivity contribution in [2.75, 3.05) is 6.61 Å². The van der Waals surface area contributed by atoms with Crippen LogP contribution < -0.4 is 0 Å². The lowest BCUT2D eigenvalue weighted by molar-refractivity contribution is -0.384. The molecule has 0 atom stereocenters. The summed E-state index contributed by atoms with van der Waals surface area (Å²) < 4.78 is 4.84. The molecule has 0 saturated carbocycles. The number of hydrogen-bond donors (Lipinski definition) is 0. The molecule has 0 aromatic heterocycles. The molecule has 0 aliphatic heterocycles. The lowest BCUT2D eigenvalue weighted by Crippen LogP contribution is -2.08. The standard InChI is InChI=1S/C16H14N2O4/c1-2-22-16(19)17-15(12-6-4-3-5-7-12)13-8-10-14(11-9-13)18(20)21/h3-11H,2H2,1H3/b17-15+. The number of nitro groups is 1. The number of ether oxygens (including phenoxy) is 1. The Kier molecular flexibility index (Phi) is 4.98. The van der Waals surface area contributed by atoms with E-state index in [2.05, 4.69) is 4.99 Å². The van der Waals surface area contributed by atoms with E-state index in [9.17, 15) is 14.9 Å². The summed E-state index contributed by atoms with van der Waals surface area (Å²) >= 11 is 0. The SMILES string of the molecule is CCOC(=O)/N=C(\c1ccccc1)c1ccc([N+](=O)[O-])cc1. The zero-order chi connectivity index (χ0) is 15.9. The predicted molar refractivity (Wildman–Crippen MR) is 82.2 cm³/mol. The van der Waals surface area contributed by atoms with Crippen LogP contribution in [0.1, 0.15) is 18.1 Å². The average molecular weight is 298 g/mol. The first-order chi connectivity index (χ1) is 10.6. The van der Waals surface area contributed by atoms with Gasteiger partial charge in [0.15, 0.2) is 0 Å². The average Bonchev–Trinajstić information content (AvgIpc) is 2.54. The van der Waals surface area contributed by atoms with Crippen LogP contribution in [0.3, 0.4) is 0 Å². The van der Waals surface area contributed by atoms with E-state index in [1.165, 1.54) is 12.1 Å². The Hall–Kier alpha value is -3.02. The summed E-state index contributed by atoms with van der Waals surface area (Å²) in [4.78, 5) is 25.9. The number of amides is 1. The Morgan fingerprint density at radius 3 is 2.23 bits per heavy atom. The highest BCUT2D eigenvalue weighted by atomic mass is 16.6. The number of nitrogens with zero attached hydrogens (tertiary/aromatic N) is 2. The minimum Gasteiger partial charge on any atom is -0.448 e. The smallest absolute Gasteiger partial charge is 0.434 e. The number of carbonyl (C=O) groups excluding carboxylic acids is 1. The molecule has 2 aromatic rings. The molecule has 6 heteroatoms. The maximum absolute atomic E-state index is 11.7. The van der Waals surface area contributed by atoms with E-state index in [-0.39, 0.29) is 12.3 Å². The fraction of sp³-hybridized carbons (Fsp3) is 0.125. The van der Waals surface area contributed by atoms with Crippen molar-refractivity contribution in [2.24, 2.45) is 4.99 Å². The largest absolute Gasteiger partial charge is 0.448 e. The van der Waals surface area contributed by atoms with E-state index < -0.39 is 11.0 Å². The molecule has 0 N–H and O–H groups in total. The van der Waals surface area contributed by atoms with Gasteiger partial charge in [-0.2, -0.15) is 4.99 Å². The summed E-state index contributed by atoms with van der Waals surface area (Å²) in [5, 5.41) is 10.7. The molecule has 2 aromatic carbocycles. The van der Waals surface area contributed by atoms with Crippen molar-refractivity contribution >= 4 is 17.5 Å². The number of hydrogen-bond acceptors (Lipinski definition) is 4. The van der Waals surface area contributed by atoms with Gasteiger partial charge in [-0.05, 0) is 19.1 Å². The molecule has 0 saturated heterocycles. The van der Waals surface area contributed by atoms with Crippen LogP contribution in [0, 0.1) is 10.1 Å². The second kappa shape index (κ2) is 7.12. The van der Waals surface area contributed by atoms with Crippen LogP contribution in [0.15, 0.2) is 59.6 Å². The summed E-state index contributed by atoms with van der Waals surface area (Å²) in [5.41, 5.74) is 1.72. The minimum absolute atomic E-state index is 0.0210. The first-order valence-electron chi connectivity index (χ1n) is 6.67. The molecule has 0 heterocycles. The van der Waals surface area contributed by atoms with Gasteiger partial charge in [-0.3, -0.25) is 10.1 Å². The molecule has 1 amide bonds. The zero-order valence-corrected chi connectivity index (χ0v) is 11.9. The highest BCUT2D eigenvalue weighted by Crippen LogP contribution is 2.16. The molecule has 0 unspecified atom stereocenters. The van der Waals surface area contributed by atoms with Gasteiger partial charge in [0.25, 0.3) is 5.69 Å². The summed E-state index contributed by atoms with van der Waals surface area (Å²) in [7, 11) is 0. The minimum atomic E-state index is -0.695. The Bertz CT molecular complexity index is 694. The molecule has 22 heavy (non-hydrogen) atoms. The number of non-ortho nitro benzene ring substituents is 1. The number of benzene rings is 2. The fourth-order valence-electron chi connectivity index (χ4n) is 1.88. The third kappa shape index (κ3) is 3.76. The maximum Gasteiger partial charge on any atom is 0.434 e. The fourth-order valence-corrected chi connectivity index (χ4v) is 1.88. The predicted octanol–water partition coefficient (Wildman–Crippen LogP) is 3.59. The lowest BCUT2D eigenvalue weighted by Gasteiger charge is -2.07. The van der Waals surface area contributed by atoms with E-state index in [0.29, 0.717) is 11.3 Å². The van der Waals surface area contributed by atoms with Gasteiger partial charge in [-0.25, -0.2) is 4.79 Å². The van der Waals surface area contributed by atoms with Gasteiger partial charge in [0.05, 0.1) is 17.2 Å². The van der Waals surface area contributed by atoms with Crippen LogP contribution >= 0.6 is 0 Å². The second-order valence-corrected chi connectivity index (χ2v) is 4.33. The molecule has 0 radical (unpaired) electrons. The van der Waals surface area contributed by atoms with Crippen molar-refractivity contribution in [2.45, 2.75) is 6.92 Å². The Morgan fingerprint density at radius 2 is 1.68 bits per heavy atom. The molecule has 112 valence electrons. The van der Waals surface area contributed by atoms with Crippen LogP contribution in [0.5, 0.6) is 0 Å². The van der Waals surface area contributed by atoms with Gasteiger partial charge >= 0.3 is 6.09 Å². The molecule has 0 aliphatic rings. The van der Waals surface area contributed by atoms with Crippen molar-refractivity contribution in [3.63, 3.8) is 0 Å². The highest BCUT2D eigenvalue weighted by molar-refractivity contribution is 6.16. The van der Waals surface area contributed by atoms with E-state index in [1.807, 2.05) is 18.2 Å². The lowest BCUT2D eigenvalue weighted by atomic mass is 10.0. The maximum atomic E-state index is 11.7. The topological polar surface area (TPSA) is 81.8 Å². The second-order valence-electron chi connectivity index (χ2n) is 4.33. The van der Waals surface area contributed by atoms with E-state index in [4.69, 9.17) is 4.74 Å². The Morgan fingerprint density at radius 1 is 1.09 bits per heavy atom. The molecule has 0 spiro atoms. The molecule has 6 nitrogen and oxygen atoms in total. The van der Waals surface area contributed by atoms with Gasteiger partial charge in [0.1, 0.15) is 0 Å². The van der Waals surface area contributed by atoms with E-state index in [0.717, 1.165) is 5.56 Å². The van der Waals surface area contributed by atoms with Gasteiger partial charge < -0.3 is 4.74 Å². The van der Waals surface area contributed by atoms with Crippen molar-refractivity contribution in [3.05, 3.63) is 75.8 Å². The van der Waals surface area contributed by atoms with Crippen LogP contribution in [0.2, 0.25) is 0 Å². The van der Waals surface area contributed by atoms with Crippen LogP contribution in [-0.2, 0) is 4.74 Å². The first-order valence-corrected chi connectivity index (χ1v) is 6.67. The summed E-state index contributed by atoms with van der Waals surface area (Å²) in [6, 6.07) is 15.0. The van der Waals surface area contributed by atoms with Gasteiger partial charge in [0.2, 0.25) is 0 Å². The third-order valence-corrected chi connectivity index (χ3v) is 2.87. The summed E-state index contributed by atoms with van der Waals surface area (Å²) in [5.74, 6) is 0. The number of aliphatic imine (C=N–C) groups is 1. The summed E-state index contributed by atoms with van der Waals surface area (Å²) in [6.07, 6.45) is -0.695. The van der Waals surface area contributed by atoms with E-state index in [1.54, 1.807) is 31.2 Å². The molecule has 2 rings (SSSR count). The van der Waals surface area contributed by atoms with Gasteiger partial charge in [-0.1, -0.05) is 30.3 Å². The quantitative estimate of drug-likeness (QED) is 0.490. The molecule has 0 bridgehead atoms. The molecule has 0 fully saturated rings. The Labute approximate surface area is 127 Å². The van der Waals surface area contributed by atoms with Crippen molar-refractivity contribution < 1.29 is 14.5 Å². The molecular formula is C16H14N2O4. The van der Waals surface area contributed by atoms with Gasteiger partial charge in [-0.15, -0.1) is 0 Å². The number of nitro benzene ring substituents is 1. The van der Waals surface area contributed by atoms with E-state index >= 15 is 0 Å². The van der Waals surface area contributed by atoms with Crippen LogP contribution in [0.4, 0.5) is 10.5 Å². The first kappa shape index (κ1) is 15.4. The third-order valence-electron chi connectivity index (χ3n) is 2.87. The molecule has 0 aliphatic carbocycles. The normalized spacial score (nSPS) is 11.0. The number of carbonyl (C=O) groups is 1. The summed E-state index contributed by atoms with van der Waals surface area (Å²) in [6.45, 7) is 1.92.